The lowest BCUT2D eigenvalue weighted by molar-refractivity contribution is 0.478. The molecule has 0 saturated heterocycles. The third-order valence-corrected chi connectivity index (χ3v) is 5.16. The summed E-state index contributed by atoms with van der Waals surface area (Å²) < 4.78 is 3.03. The molecular weight excluding hydrogens is 433 g/mol. The Kier molecular flexibility index (Phi) is 2.93. The number of phenolic OH excluding ortho intramolecular Hbond substituents is 1. The molecule has 0 spiro atoms. The lowest BCUT2D eigenvalue weighted by Gasteiger charge is -2.01. The number of halogens is 3. The monoisotopic (exact) mass is 436 g/mol. The Hall–Kier alpha value is 0.730. The molecule has 68 valence electrons. The van der Waals surface area contributed by atoms with Gasteiger partial charge in [0.05, 0.1) is 18.7 Å². The second kappa shape index (κ2) is 3.71. The highest BCUT2D eigenvalue weighted by atomic mass is 127. The largest absolute Gasteiger partial charge is 0.506 e. The zero-order valence-corrected chi connectivity index (χ0v) is 12.0. The van der Waals surface area contributed by atoms with Gasteiger partial charge >= 0.3 is 0 Å². The minimum absolute atomic E-state index is 0.294. The summed E-state index contributed by atoms with van der Waals surface area (Å²) in [5.74, 6) is 0.294. The molecule has 1 aromatic heterocycles. The van der Waals surface area contributed by atoms with Crippen molar-refractivity contribution in [2.24, 2.45) is 0 Å². The van der Waals surface area contributed by atoms with Crippen LogP contribution in [-0.4, -0.2) is 5.11 Å². The van der Waals surface area contributed by atoms with Crippen LogP contribution in [0.1, 0.15) is 0 Å². The SMILES string of the molecule is Oc1c(I)cc(I)c2scc(Cl)c12. The van der Waals surface area contributed by atoms with Crippen LogP contribution < -0.4 is 0 Å². The number of hydrogen-bond donors (Lipinski definition) is 1. The third-order valence-electron chi connectivity index (χ3n) is 1.68. The first-order chi connectivity index (χ1) is 6.11. The lowest BCUT2D eigenvalue weighted by atomic mass is 10.2. The van der Waals surface area contributed by atoms with Crippen molar-refractivity contribution in [3.05, 3.63) is 23.6 Å². The molecule has 0 amide bonds. The normalized spacial score (nSPS) is 11.0. The Labute approximate surface area is 111 Å². The first-order valence-corrected chi connectivity index (χ1v) is 6.76. The molecule has 0 bridgehead atoms. The molecule has 5 heteroatoms. The molecule has 0 saturated carbocycles. The van der Waals surface area contributed by atoms with Crippen LogP contribution >= 0.6 is 68.1 Å². The van der Waals surface area contributed by atoms with Crippen molar-refractivity contribution in [2.45, 2.75) is 0 Å². The molecule has 0 aliphatic heterocycles. The van der Waals surface area contributed by atoms with Crippen molar-refractivity contribution < 1.29 is 5.11 Å². The first kappa shape index (κ1) is 10.3. The van der Waals surface area contributed by atoms with Crippen LogP contribution in [-0.2, 0) is 0 Å². The average molecular weight is 436 g/mol. The number of aromatic hydroxyl groups is 1. The van der Waals surface area contributed by atoms with E-state index in [1.807, 2.05) is 11.4 Å². The molecule has 1 heterocycles. The Morgan fingerprint density at radius 3 is 2.69 bits per heavy atom. The van der Waals surface area contributed by atoms with E-state index in [0.717, 1.165) is 17.2 Å². The van der Waals surface area contributed by atoms with Gasteiger partial charge in [-0.05, 0) is 51.2 Å². The zero-order valence-electron chi connectivity index (χ0n) is 6.14. The topological polar surface area (TPSA) is 20.2 Å². The predicted octanol–water partition coefficient (Wildman–Crippen LogP) is 4.47. The van der Waals surface area contributed by atoms with Crippen molar-refractivity contribution in [1.29, 1.82) is 0 Å². The Morgan fingerprint density at radius 1 is 1.31 bits per heavy atom. The van der Waals surface area contributed by atoms with Gasteiger partial charge in [-0.2, -0.15) is 0 Å². The Balaban J connectivity index is 3.00. The molecule has 0 fully saturated rings. The average Bonchev–Trinajstić information content (AvgIpc) is 2.44. The minimum atomic E-state index is 0.294. The molecule has 1 nitrogen and oxygen atoms in total. The van der Waals surface area contributed by atoms with Gasteiger partial charge in [0.1, 0.15) is 5.75 Å². The van der Waals surface area contributed by atoms with Crippen LogP contribution in [0.25, 0.3) is 10.1 Å². The molecule has 1 aromatic carbocycles. The highest BCUT2D eigenvalue weighted by Crippen LogP contribution is 2.41. The van der Waals surface area contributed by atoms with Crippen molar-refractivity contribution in [1.82, 2.24) is 0 Å². The van der Waals surface area contributed by atoms with E-state index in [1.54, 1.807) is 11.3 Å². The van der Waals surface area contributed by atoms with E-state index in [-0.39, 0.29) is 0 Å². The summed E-state index contributed by atoms with van der Waals surface area (Å²) >= 11 is 11.9. The number of benzene rings is 1. The summed E-state index contributed by atoms with van der Waals surface area (Å²) in [6, 6.07) is 1.95. The highest BCUT2D eigenvalue weighted by molar-refractivity contribution is 14.1. The zero-order chi connectivity index (χ0) is 9.59. The second-order valence-electron chi connectivity index (χ2n) is 2.48. The van der Waals surface area contributed by atoms with E-state index >= 15 is 0 Å². The molecule has 2 aromatic rings. The van der Waals surface area contributed by atoms with E-state index in [4.69, 9.17) is 11.6 Å². The van der Waals surface area contributed by atoms with Gasteiger partial charge in [0.2, 0.25) is 0 Å². The molecule has 1 N–H and O–H groups in total. The summed E-state index contributed by atoms with van der Waals surface area (Å²) in [6.45, 7) is 0. The van der Waals surface area contributed by atoms with Gasteiger partial charge in [-0.25, -0.2) is 0 Å². The summed E-state index contributed by atoms with van der Waals surface area (Å²) in [5.41, 5.74) is 0. The second-order valence-corrected chi connectivity index (χ2v) is 6.09. The van der Waals surface area contributed by atoms with E-state index in [9.17, 15) is 5.11 Å². The standard InChI is InChI=1S/C8H3ClI2OS/c9-3-2-13-8-5(11)1-4(10)7(12)6(3)8/h1-2,12H. The number of thiophene rings is 1. The molecule has 2 rings (SSSR count). The summed E-state index contributed by atoms with van der Waals surface area (Å²) in [4.78, 5) is 0. The predicted molar refractivity (Wildman–Crippen MR) is 73.9 cm³/mol. The molecule has 0 atom stereocenters. The molecule has 0 unspecified atom stereocenters. The number of hydrogen-bond acceptors (Lipinski definition) is 2. The van der Waals surface area contributed by atoms with Gasteiger partial charge in [-0.15, -0.1) is 11.3 Å². The number of fused-ring (bicyclic) bond motifs is 1. The summed E-state index contributed by atoms with van der Waals surface area (Å²) in [5, 5.41) is 13.0. The van der Waals surface area contributed by atoms with Crippen LogP contribution in [0.2, 0.25) is 5.02 Å². The smallest absolute Gasteiger partial charge is 0.139 e. The van der Waals surface area contributed by atoms with E-state index in [2.05, 4.69) is 45.2 Å². The van der Waals surface area contributed by atoms with E-state index in [1.165, 1.54) is 0 Å². The molecule has 0 radical (unpaired) electrons. The first-order valence-electron chi connectivity index (χ1n) is 3.35. The fourth-order valence-electron chi connectivity index (χ4n) is 1.10. The quantitative estimate of drug-likeness (QED) is 0.605. The molecule has 0 aliphatic rings. The fourth-order valence-corrected chi connectivity index (χ4v) is 4.45. The fraction of sp³-hybridized carbons (Fsp3) is 0. The third kappa shape index (κ3) is 1.66. The van der Waals surface area contributed by atoms with Gasteiger partial charge in [0.25, 0.3) is 0 Å². The van der Waals surface area contributed by atoms with Crippen LogP contribution in [0.3, 0.4) is 0 Å². The van der Waals surface area contributed by atoms with E-state index < -0.39 is 0 Å². The van der Waals surface area contributed by atoms with Crippen LogP contribution in [0, 0.1) is 7.14 Å². The maximum atomic E-state index is 9.76. The van der Waals surface area contributed by atoms with Crippen molar-refractivity contribution >= 4 is 78.2 Å². The Morgan fingerprint density at radius 2 is 2.00 bits per heavy atom. The van der Waals surface area contributed by atoms with Crippen molar-refractivity contribution in [3.63, 3.8) is 0 Å². The summed E-state index contributed by atoms with van der Waals surface area (Å²) in [6.07, 6.45) is 0. The van der Waals surface area contributed by atoms with E-state index in [0.29, 0.717) is 10.8 Å². The summed E-state index contributed by atoms with van der Waals surface area (Å²) in [7, 11) is 0. The minimum Gasteiger partial charge on any atom is -0.506 e. The highest BCUT2D eigenvalue weighted by Gasteiger charge is 2.12. The van der Waals surface area contributed by atoms with Crippen LogP contribution in [0.15, 0.2) is 11.4 Å². The van der Waals surface area contributed by atoms with Gasteiger partial charge in [-0.1, -0.05) is 11.6 Å². The maximum Gasteiger partial charge on any atom is 0.139 e. The van der Waals surface area contributed by atoms with Gasteiger partial charge < -0.3 is 5.11 Å². The van der Waals surface area contributed by atoms with Crippen LogP contribution in [0.4, 0.5) is 0 Å². The molecule has 0 aliphatic carbocycles. The van der Waals surface area contributed by atoms with Gasteiger partial charge in [-0.3, -0.25) is 0 Å². The van der Waals surface area contributed by atoms with Crippen molar-refractivity contribution in [2.75, 3.05) is 0 Å². The molecule has 13 heavy (non-hydrogen) atoms. The number of phenols is 1. The molecular formula is C8H3ClI2OS. The van der Waals surface area contributed by atoms with Gasteiger partial charge in [0, 0.05) is 8.95 Å². The van der Waals surface area contributed by atoms with Gasteiger partial charge in [0.15, 0.2) is 0 Å². The lowest BCUT2D eigenvalue weighted by Crippen LogP contribution is -1.78. The Bertz CT molecular complexity index is 480. The van der Waals surface area contributed by atoms with Crippen LogP contribution in [0.5, 0.6) is 5.75 Å². The maximum absolute atomic E-state index is 9.76. The number of rotatable bonds is 0. The van der Waals surface area contributed by atoms with Crippen molar-refractivity contribution in [3.8, 4) is 5.75 Å².